The summed E-state index contributed by atoms with van der Waals surface area (Å²) in [4.78, 5) is 59.5. The van der Waals surface area contributed by atoms with Crippen LogP contribution in [0.2, 0.25) is 0 Å². The number of ether oxygens (including phenoxy) is 1. The van der Waals surface area contributed by atoms with Crippen molar-refractivity contribution in [3.8, 4) is 6.07 Å². The van der Waals surface area contributed by atoms with E-state index < -0.39 is 65.0 Å². The maximum absolute atomic E-state index is 13.2. The fourth-order valence-corrected chi connectivity index (χ4v) is 4.89. The van der Waals surface area contributed by atoms with Gasteiger partial charge in [-0.15, -0.1) is 0 Å². The maximum Gasteiger partial charge on any atom is 0.338 e. The van der Waals surface area contributed by atoms with Gasteiger partial charge in [0.2, 0.25) is 23.6 Å². The Bertz CT molecular complexity index is 2030. The molecule has 11 nitrogen and oxygen atoms in total. The highest BCUT2D eigenvalue weighted by Gasteiger charge is 2.23. The van der Waals surface area contributed by atoms with Crippen molar-refractivity contribution in [2.75, 3.05) is 10.6 Å². The number of carbonyl (C=O) groups excluding carboxylic acids is 5. The number of carbonyl (C=O) groups is 5. The van der Waals surface area contributed by atoms with Crippen molar-refractivity contribution < 1.29 is 46.3 Å². The average Bonchev–Trinajstić information content (AvgIpc) is 3.43. The lowest BCUT2D eigenvalue weighted by Gasteiger charge is -2.15. The summed E-state index contributed by atoms with van der Waals surface area (Å²) >= 11 is 0. The first kappa shape index (κ1) is 38.2. The topological polar surface area (TPSA) is 166 Å². The van der Waals surface area contributed by atoms with Crippen LogP contribution in [0.1, 0.15) is 46.5 Å². The Labute approximate surface area is 295 Å². The largest absolute Gasteiger partial charge is 0.457 e. The molecule has 268 valence electrons. The molecule has 0 saturated heterocycles. The second-order valence-electron chi connectivity index (χ2n) is 11.6. The van der Waals surface area contributed by atoms with E-state index in [0.717, 1.165) is 29.8 Å². The minimum atomic E-state index is -0.797. The van der Waals surface area contributed by atoms with Gasteiger partial charge >= 0.3 is 5.97 Å². The number of nitrogens with one attached hydrogen (secondary N) is 4. The summed E-state index contributed by atoms with van der Waals surface area (Å²) in [6.45, 7) is 3.30. The van der Waals surface area contributed by atoms with Gasteiger partial charge in [-0.3, -0.25) is 29.8 Å². The van der Waals surface area contributed by atoms with Gasteiger partial charge in [-0.1, -0.05) is 12.1 Å². The number of fused-ring (bicyclic) bond motifs is 1. The molecule has 0 bridgehead atoms. The van der Waals surface area contributed by atoms with E-state index in [1.165, 1.54) is 6.92 Å². The maximum atomic E-state index is 13.2. The molecule has 0 spiro atoms. The molecule has 4 amide bonds. The summed E-state index contributed by atoms with van der Waals surface area (Å²) in [5.74, 6) is -6.16. The summed E-state index contributed by atoms with van der Waals surface area (Å²) in [5, 5.41) is 18.9. The molecule has 0 fully saturated rings. The monoisotopic (exact) mass is 717 g/mol. The third-order valence-corrected chi connectivity index (χ3v) is 7.33. The molecule has 1 aliphatic rings. The lowest BCUT2D eigenvalue weighted by molar-refractivity contribution is -0.131. The van der Waals surface area contributed by atoms with E-state index in [4.69, 9.17) is 10.00 Å². The number of hydrogen-bond donors (Lipinski definition) is 4. The van der Waals surface area contributed by atoms with Crippen LogP contribution in [-0.4, -0.2) is 41.7 Å². The van der Waals surface area contributed by atoms with Crippen molar-refractivity contribution in [2.24, 2.45) is 0 Å². The predicted molar refractivity (Wildman–Crippen MR) is 179 cm³/mol. The molecule has 4 N–H and O–H groups in total. The van der Waals surface area contributed by atoms with Gasteiger partial charge in [0.05, 0.1) is 30.0 Å². The first-order chi connectivity index (χ1) is 24.7. The zero-order valence-electron chi connectivity index (χ0n) is 27.7. The first-order valence-corrected chi connectivity index (χ1v) is 15.6. The molecule has 2 atom stereocenters. The van der Waals surface area contributed by atoms with Crippen LogP contribution in [0.3, 0.4) is 0 Å². The number of anilines is 2. The van der Waals surface area contributed by atoms with Crippen LogP contribution in [0.5, 0.6) is 0 Å². The lowest BCUT2D eigenvalue weighted by Crippen LogP contribution is -2.41. The van der Waals surface area contributed by atoms with E-state index in [9.17, 15) is 41.5 Å². The average molecular weight is 718 g/mol. The first-order valence-electron chi connectivity index (χ1n) is 15.6. The highest BCUT2D eigenvalue weighted by Crippen LogP contribution is 2.23. The molecular weight excluding hydrogens is 686 g/mol. The number of benzene rings is 4. The van der Waals surface area contributed by atoms with Crippen LogP contribution in [-0.2, 0) is 43.4 Å². The van der Waals surface area contributed by atoms with Gasteiger partial charge in [0.1, 0.15) is 42.0 Å². The molecule has 0 unspecified atom stereocenters. The van der Waals surface area contributed by atoms with Crippen molar-refractivity contribution in [1.82, 2.24) is 10.6 Å². The number of halogens is 4. The number of esters is 1. The summed E-state index contributed by atoms with van der Waals surface area (Å²) in [6.07, 6.45) is -0.658. The van der Waals surface area contributed by atoms with Gasteiger partial charge in [-0.25, -0.2) is 22.4 Å². The molecule has 0 aliphatic carbocycles. The third kappa shape index (κ3) is 11.2. The van der Waals surface area contributed by atoms with Crippen LogP contribution >= 0.6 is 0 Å². The molecule has 1 aliphatic heterocycles. The van der Waals surface area contributed by atoms with Crippen molar-refractivity contribution >= 4 is 41.0 Å². The fraction of sp³-hybridized carbons (Fsp3) is 0.189. The van der Waals surface area contributed by atoms with E-state index in [2.05, 4.69) is 21.3 Å². The fourth-order valence-electron chi connectivity index (χ4n) is 4.89. The van der Waals surface area contributed by atoms with E-state index in [1.807, 2.05) is 6.07 Å². The molecule has 1 heterocycles. The van der Waals surface area contributed by atoms with Crippen molar-refractivity contribution in [3.63, 3.8) is 0 Å². The smallest absolute Gasteiger partial charge is 0.338 e. The summed E-state index contributed by atoms with van der Waals surface area (Å²) in [6, 6.07) is 17.5. The SMILES string of the molecule is C[C@H](Nc1ccc2c(c1)C(=O)OC2)C(=O)NC(=O)Cc1cc(F)cc(F)c1.C[C@H](Nc1cccc(C#N)c1)C(=O)NC(=O)Cc1cc(F)cc(F)c1. The van der Waals surface area contributed by atoms with E-state index in [1.54, 1.807) is 49.4 Å². The molecule has 4 aromatic carbocycles. The minimum Gasteiger partial charge on any atom is -0.457 e. The molecule has 4 aromatic rings. The van der Waals surface area contributed by atoms with Gasteiger partial charge in [0.25, 0.3) is 0 Å². The highest BCUT2D eigenvalue weighted by atomic mass is 19.1. The Balaban J connectivity index is 0.000000234. The van der Waals surface area contributed by atoms with Crippen molar-refractivity contribution in [1.29, 1.82) is 5.26 Å². The minimum absolute atomic E-state index is 0.121. The van der Waals surface area contributed by atoms with Gasteiger partial charge in [-0.2, -0.15) is 5.26 Å². The van der Waals surface area contributed by atoms with Gasteiger partial charge in [-0.05, 0) is 79.6 Å². The highest BCUT2D eigenvalue weighted by molar-refractivity contribution is 6.00. The number of rotatable bonds is 10. The number of hydrogen-bond acceptors (Lipinski definition) is 9. The molecule has 0 saturated carbocycles. The van der Waals surface area contributed by atoms with E-state index in [-0.39, 0.29) is 30.6 Å². The molecule has 5 rings (SSSR count). The number of cyclic esters (lactones) is 1. The molecule has 0 radical (unpaired) electrons. The third-order valence-electron chi connectivity index (χ3n) is 7.33. The van der Waals surface area contributed by atoms with Gasteiger partial charge < -0.3 is 15.4 Å². The zero-order valence-corrected chi connectivity index (χ0v) is 27.7. The van der Waals surface area contributed by atoms with E-state index >= 15 is 0 Å². The lowest BCUT2D eigenvalue weighted by atomic mass is 10.1. The van der Waals surface area contributed by atoms with E-state index in [0.29, 0.717) is 34.6 Å². The number of imide groups is 2. The summed E-state index contributed by atoms with van der Waals surface area (Å²) in [5.41, 5.74) is 2.95. The molecule has 0 aromatic heterocycles. The summed E-state index contributed by atoms with van der Waals surface area (Å²) in [7, 11) is 0. The standard InChI is InChI=1S/C19H16F2N2O4.C18H15F2N3O2/c1-10(22-15-3-2-12-9-27-19(26)16(12)8-15)18(25)23-17(24)6-11-4-13(20)7-14(21)5-11;1-11(22-16-4-2-3-12(7-16)10-21)18(25)23-17(24)8-13-5-14(19)9-15(20)6-13/h2-5,7-8,10,22H,6,9H2,1H3,(H,23,24,25);2-7,9,11,22H,8H2,1H3,(H,23,24,25)/t10-;11-/m00/s1. The number of amides is 4. The van der Waals surface area contributed by atoms with Gasteiger partial charge in [0.15, 0.2) is 0 Å². The molecule has 15 heteroatoms. The van der Waals surface area contributed by atoms with Crippen molar-refractivity contribution in [2.45, 2.75) is 45.4 Å². The zero-order chi connectivity index (χ0) is 37.9. The van der Waals surface area contributed by atoms with Crippen LogP contribution in [0.4, 0.5) is 28.9 Å². The van der Waals surface area contributed by atoms with Crippen molar-refractivity contribution in [3.05, 3.63) is 130 Å². The Hall–Kier alpha value is -6.56. The van der Waals surface area contributed by atoms with Gasteiger partial charge in [0, 0.05) is 29.1 Å². The Kier molecular flexibility index (Phi) is 12.8. The number of nitrogens with zero attached hydrogens (tertiary/aromatic N) is 1. The molecular formula is C37H31F4N5O6. The van der Waals surface area contributed by atoms with Crippen LogP contribution in [0.25, 0.3) is 0 Å². The second-order valence-corrected chi connectivity index (χ2v) is 11.6. The Morgan fingerprint density at radius 2 is 1.19 bits per heavy atom. The second kappa shape index (κ2) is 17.4. The van der Waals surface area contributed by atoms with Crippen LogP contribution in [0, 0.1) is 34.6 Å². The Morgan fingerprint density at radius 1 is 0.712 bits per heavy atom. The predicted octanol–water partition coefficient (Wildman–Crippen LogP) is 4.84. The normalized spacial score (nSPS) is 12.4. The Morgan fingerprint density at radius 3 is 1.67 bits per heavy atom. The quantitative estimate of drug-likeness (QED) is 0.133. The van der Waals surface area contributed by atoms with Crippen LogP contribution in [0.15, 0.2) is 78.9 Å². The van der Waals surface area contributed by atoms with Crippen LogP contribution < -0.4 is 21.3 Å². The number of nitriles is 1. The summed E-state index contributed by atoms with van der Waals surface area (Å²) < 4.78 is 57.4. The molecule has 52 heavy (non-hydrogen) atoms.